The van der Waals surface area contributed by atoms with Crippen molar-refractivity contribution in [1.82, 2.24) is 4.90 Å². The van der Waals surface area contributed by atoms with Crippen molar-refractivity contribution in [2.24, 2.45) is 0 Å². The maximum absolute atomic E-state index is 4.27. The van der Waals surface area contributed by atoms with Gasteiger partial charge in [0.15, 0.2) is 0 Å². The SMILES string of the molecule is C=C1C=CC=CC1N(CCCCCCCC)CCCCCCCC. The molecule has 0 aromatic rings. The van der Waals surface area contributed by atoms with Crippen LogP contribution in [0.15, 0.2) is 36.5 Å². The fourth-order valence-electron chi connectivity index (χ4n) is 3.51. The highest BCUT2D eigenvalue weighted by Crippen LogP contribution is 2.19. The normalized spacial score (nSPS) is 17.1. The minimum absolute atomic E-state index is 0.432. The van der Waals surface area contributed by atoms with Crippen LogP contribution in [0.3, 0.4) is 0 Å². The zero-order chi connectivity index (χ0) is 17.5. The third-order valence-electron chi connectivity index (χ3n) is 5.09. The molecule has 0 aliphatic heterocycles. The van der Waals surface area contributed by atoms with Gasteiger partial charge in [0.2, 0.25) is 0 Å². The molecule has 1 aliphatic rings. The fraction of sp³-hybridized carbons (Fsp3) is 0.739. The van der Waals surface area contributed by atoms with Crippen LogP contribution in [0, 0.1) is 0 Å². The van der Waals surface area contributed by atoms with E-state index in [0.29, 0.717) is 6.04 Å². The minimum Gasteiger partial charge on any atom is -0.293 e. The highest BCUT2D eigenvalue weighted by atomic mass is 15.1. The third-order valence-corrected chi connectivity index (χ3v) is 5.09. The Morgan fingerprint density at radius 2 is 1.25 bits per heavy atom. The molecule has 138 valence electrons. The van der Waals surface area contributed by atoms with E-state index in [1.807, 2.05) is 0 Å². The number of unbranched alkanes of at least 4 members (excludes halogenated alkanes) is 10. The second-order valence-corrected chi connectivity index (χ2v) is 7.34. The van der Waals surface area contributed by atoms with Crippen LogP contribution in [-0.4, -0.2) is 24.0 Å². The van der Waals surface area contributed by atoms with Crippen molar-refractivity contribution in [3.05, 3.63) is 36.5 Å². The van der Waals surface area contributed by atoms with Gasteiger partial charge in [0, 0.05) is 0 Å². The molecular weight excluding hydrogens is 290 g/mol. The molecule has 0 saturated heterocycles. The maximum atomic E-state index is 4.27. The van der Waals surface area contributed by atoms with Gasteiger partial charge in [-0.05, 0) is 31.5 Å². The summed E-state index contributed by atoms with van der Waals surface area (Å²) in [5.41, 5.74) is 1.26. The zero-order valence-electron chi connectivity index (χ0n) is 16.4. The first kappa shape index (κ1) is 21.2. The van der Waals surface area contributed by atoms with Crippen molar-refractivity contribution in [3.63, 3.8) is 0 Å². The van der Waals surface area contributed by atoms with Gasteiger partial charge in [-0.3, -0.25) is 4.90 Å². The fourth-order valence-corrected chi connectivity index (χ4v) is 3.51. The Kier molecular flexibility index (Phi) is 12.8. The first-order chi connectivity index (χ1) is 11.8. The van der Waals surface area contributed by atoms with Gasteiger partial charge in [0.05, 0.1) is 6.04 Å². The molecule has 0 N–H and O–H groups in total. The van der Waals surface area contributed by atoms with E-state index >= 15 is 0 Å². The third kappa shape index (κ3) is 9.47. The molecule has 0 amide bonds. The average Bonchev–Trinajstić information content (AvgIpc) is 2.60. The Balaban J connectivity index is 2.31. The summed E-state index contributed by atoms with van der Waals surface area (Å²) in [6.07, 6.45) is 25.3. The molecule has 24 heavy (non-hydrogen) atoms. The summed E-state index contributed by atoms with van der Waals surface area (Å²) in [6.45, 7) is 11.3. The number of nitrogens with zero attached hydrogens (tertiary/aromatic N) is 1. The van der Waals surface area contributed by atoms with Crippen molar-refractivity contribution in [2.45, 2.75) is 96.9 Å². The first-order valence-electron chi connectivity index (χ1n) is 10.6. The quantitative estimate of drug-likeness (QED) is 0.290. The molecule has 0 spiro atoms. The van der Waals surface area contributed by atoms with Gasteiger partial charge in [-0.2, -0.15) is 0 Å². The largest absolute Gasteiger partial charge is 0.293 e. The number of rotatable bonds is 15. The molecule has 1 rings (SSSR count). The monoisotopic (exact) mass is 331 g/mol. The molecule has 0 radical (unpaired) electrons. The van der Waals surface area contributed by atoms with Crippen LogP contribution in [0.4, 0.5) is 0 Å². The van der Waals surface area contributed by atoms with E-state index in [0.717, 1.165) is 0 Å². The van der Waals surface area contributed by atoms with Gasteiger partial charge in [0.1, 0.15) is 0 Å². The van der Waals surface area contributed by atoms with Crippen LogP contribution in [0.2, 0.25) is 0 Å². The molecule has 0 fully saturated rings. The molecule has 1 heteroatoms. The van der Waals surface area contributed by atoms with Crippen LogP contribution >= 0.6 is 0 Å². The van der Waals surface area contributed by atoms with Crippen LogP contribution in [-0.2, 0) is 0 Å². The first-order valence-corrected chi connectivity index (χ1v) is 10.6. The van der Waals surface area contributed by atoms with Crippen LogP contribution in [0.25, 0.3) is 0 Å². The summed E-state index contributed by atoms with van der Waals surface area (Å²) in [6, 6.07) is 0.432. The highest BCUT2D eigenvalue weighted by Gasteiger charge is 2.18. The Morgan fingerprint density at radius 3 is 1.75 bits per heavy atom. The molecule has 0 aromatic carbocycles. The molecule has 0 aromatic heterocycles. The smallest absolute Gasteiger partial charge is 0.0528 e. The maximum Gasteiger partial charge on any atom is 0.0528 e. The van der Waals surface area contributed by atoms with Crippen LogP contribution < -0.4 is 0 Å². The van der Waals surface area contributed by atoms with Gasteiger partial charge in [-0.1, -0.05) is 109 Å². The van der Waals surface area contributed by atoms with Crippen molar-refractivity contribution in [2.75, 3.05) is 13.1 Å². The summed E-state index contributed by atoms with van der Waals surface area (Å²) in [4.78, 5) is 2.67. The summed E-state index contributed by atoms with van der Waals surface area (Å²) in [5.74, 6) is 0. The van der Waals surface area contributed by atoms with E-state index < -0.39 is 0 Å². The van der Waals surface area contributed by atoms with Crippen molar-refractivity contribution >= 4 is 0 Å². The molecule has 0 bridgehead atoms. The predicted octanol–water partition coefficient (Wildman–Crippen LogP) is 7.06. The highest BCUT2D eigenvalue weighted by molar-refractivity contribution is 5.34. The van der Waals surface area contributed by atoms with Crippen molar-refractivity contribution in [3.8, 4) is 0 Å². The minimum atomic E-state index is 0.432. The van der Waals surface area contributed by atoms with E-state index in [9.17, 15) is 0 Å². The summed E-state index contributed by atoms with van der Waals surface area (Å²) in [5, 5.41) is 0. The second kappa shape index (κ2) is 14.5. The van der Waals surface area contributed by atoms with Gasteiger partial charge in [0.25, 0.3) is 0 Å². The Labute approximate surface area is 151 Å². The molecule has 1 nitrogen and oxygen atoms in total. The van der Waals surface area contributed by atoms with Gasteiger partial charge in [-0.25, -0.2) is 0 Å². The lowest BCUT2D eigenvalue weighted by molar-refractivity contribution is 0.241. The second-order valence-electron chi connectivity index (χ2n) is 7.34. The van der Waals surface area contributed by atoms with Crippen LogP contribution in [0.1, 0.15) is 90.9 Å². The Bertz CT molecular complexity index is 350. The lowest BCUT2D eigenvalue weighted by Crippen LogP contribution is -2.37. The number of hydrogen-bond donors (Lipinski definition) is 0. The van der Waals surface area contributed by atoms with Gasteiger partial charge < -0.3 is 0 Å². The van der Waals surface area contributed by atoms with E-state index in [1.54, 1.807) is 0 Å². The van der Waals surface area contributed by atoms with Crippen molar-refractivity contribution in [1.29, 1.82) is 0 Å². The van der Waals surface area contributed by atoms with Crippen LogP contribution in [0.5, 0.6) is 0 Å². The molecule has 1 atom stereocenters. The summed E-state index contributed by atoms with van der Waals surface area (Å²) >= 11 is 0. The summed E-state index contributed by atoms with van der Waals surface area (Å²) in [7, 11) is 0. The average molecular weight is 332 g/mol. The lowest BCUT2D eigenvalue weighted by atomic mass is 10.0. The lowest BCUT2D eigenvalue weighted by Gasteiger charge is -2.31. The van der Waals surface area contributed by atoms with Gasteiger partial charge >= 0.3 is 0 Å². The van der Waals surface area contributed by atoms with E-state index in [1.165, 1.54) is 95.7 Å². The summed E-state index contributed by atoms with van der Waals surface area (Å²) < 4.78 is 0. The molecule has 0 heterocycles. The molecule has 1 unspecified atom stereocenters. The topological polar surface area (TPSA) is 3.24 Å². The van der Waals surface area contributed by atoms with Gasteiger partial charge in [-0.15, -0.1) is 0 Å². The van der Waals surface area contributed by atoms with Crippen molar-refractivity contribution < 1.29 is 0 Å². The predicted molar refractivity (Wildman–Crippen MR) is 110 cm³/mol. The number of hydrogen-bond acceptors (Lipinski definition) is 1. The molecule has 0 saturated carbocycles. The Hall–Kier alpha value is -0.820. The Morgan fingerprint density at radius 1 is 0.750 bits per heavy atom. The van der Waals surface area contributed by atoms with E-state index in [2.05, 4.69) is 49.6 Å². The van der Waals surface area contributed by atoms with E-state index in [4.69, 9.17) is 0 Å². The van der Waals surface area contributed by atoms with E-state index in [-0.39, 0.29) is 0 Å². The number of allylic oxidation sites excluding steroid dienone is 2. The zero-order valence-corrected chi connectivity index (χ0v) is 16.4. The standard InChI is InChI=1S/C23H41N/c1-4-6-8-10-12-16-20-24(21-17-13-11-9-7-5-2)23-19-15-14-18-22(23)3/h14-15,18-19,23H,3-13,16-17,20-21H2,1-2H3. The molecular formula is C23H41N. The molecule has 1 aliphatic carbocycles.